The molecule has 0 aliphatic rings. The Bertz CT molecular complexity index is 692. The fraction of sp³-hybridized carbons (Fsp3) is 0.278. The Kier molecular flexibility index (Phi) is 6.73. The largest absolute Gasteiger partial charge is 0.491 e. The normalized spacial score (nSPS) is 11.9. The summed E-state index contributed by atoms with van der Waals surface area (Å²) < 4.78 is 19.0. The van der Waals surface area contributed by atoms with Gasteiger partial charge in [-0.05, 0) is 50.5 Å². The lowest BCUT2D eigenvalue weighted by Crippen LogP contribution is -2.30. The molecule has 1 atom stereocenters. The van der Waals surface area contributed by atoms with Crippen molar-refractivity contribution >= 4 is 17.4 Å². The number of nitrogens with zero attached hydrogens (tertiary/aromatic N) is 1. The van der Waals surface area contributed by atoms with Crippen LogP contribution >= 0.6 is 0 Å². The van der Waals surface area contributed by atoms with Gasteiger partial charge in [0.05, 0.1) is 5.69 Å². The predicted molar refractivity (Wildman–Crippen MR) is 95.5 cm³/mol. The molecule has 0 saturated heterocycles. The van der Waals surface area contributed by atoms with Gasteiger partial charge in [-0.25, -0.2) is 9.18 Å². The monoisotopic (exact) mass is 347 g/mol. The Morgan fingerprint density at radius 3 is 2.48 bits per heavy atom. The summed E-state index contributed by atoms with van der Waals surface area (Å²) in [5.74, 6) is 0.0792. The first-order valence-corrected chi connectivity index (χ1v) is 7.82. The van der Waals surface area contributed by atoms with Gasteiger partial charge in [0.2, 0.25) is 0 Å². The molecule has 2 aromatic rings. The second kappa shape index (κ2) is 9.00. The number of likely N-dealkylation sites (N-methyl/N-ethyl adjacent to an activating group) is 1. The van der Waals surface area contributed by atoms with Crippen molar-refractivity contribution in [3.8, 4) is 5.75 Å². The molecule has 0 saturated carbocycles. The highest BCUT2D eigenvalue weighted by molar-refractivity contribution is 5.99. The number of ether oxygens (including phenoxy) is 1. The number of halogens is 1. The van der Waals surface area contributed by atoms with Crippen LogP contribution in [0.4, 0.5) is 20.6 Å². The molecular formula is C18H22FN3O3. The topological polar surface area (TPSA) is 73.8 Å². The van der Waals surface area contributed by atoms with E-state index in [1.807, 2.05) is 19.0 Å². The molecule has 7 heteroatoms. The van der Waals surface area contributed by atoms with E-state index in [0.717, 1.165) is 0 Å². The number of carbonyl (C=O) groups excluding carboxylic acids is 1. The minimum absolute atomic E-state index is 0.106. The average Bonchev–Trinajstić information content (AvgIpc) is 2.56. The summed E-state index contributed by atoms with van der Waals surface area (Å²) in [6, 6.07) is 12.1. The van der Waals surface area contributed by atoms with Gasteiger partial charge in [-0.3, -0.25) is 0 Å². The second-order valence-electron chi connectivity index (χ2n) is 5.81. The van der Waals surface area contributed by atoms with Crippen molar-refractivity contribution in [2.24, 2.45) is 0 Å². The zero-order valence-electron chi connectivity index (χ0n) is 14.2. The molecule has 134 valence electrons. The molecule has 0 heterocycles. The van der Waals surface area contributed by atoms with Gasteiger partial charge < -0.3 is 25.4 Å². The van der Waals surface area contributed by atoms with Crippen LogP contribution in [0.1, 0.15) is 0 Å². The van der Waals surface area contributed by atoms with Gasteiger partial charge in [0.15, 0.2) is 0 Å². The van der Waals surface area contributed by atoms with Crippen LogP contribution in [0.25, 0.3) is 0 Å². The van der Waals surface area contributed by atoms with Crippen molar-refractivity contribution in [3.63, 3.8) is 0 Å². The first-order valence-electron chi connectivity index (χ1n) is 7.82. The van der Waals surface area contributed by atoms with Crippen LogP contribution in [0, 0.1) is 5.82 Å². The van der Waals surface area contributed by atoms with Crippen LogP contribution in [0.15, 0.2) is 48.5 Å². The fourth-order valence-electron chi connectivity index (χ4n) is 2.15. The number of aliphatic hydroxyl groups excluding tert-OH is 1. The summed E-state index contributed by atoms with van der Waals surface area (Å²) in [5, 5.41) is 14.8. The van der Waals surface area contributed by atoms with Crippen molar-refractivity contribution in [1.82, 2.24) is 4.90 Å². The predicted octanol–water partition coefficient (Wildman–Crippen LogP) is 2.77. The van der Waals surface area contributed by atoms with Crippen molar-refractivity contribution in [3.05, 3.63) is 54.3 Å². The summed E-state index contributed by atoms with van der Waals surface area (Å²) in [6.07, 6.45) is -0.584. The summed E-state index contributed by atoms with van der Waals surface area (Å²) >= 11 is 0. The summed E-state index contributed by atoms with van der Waals surface area (Å²) in [6.45, 7) is 0.689. The first kappa shape index (κ1) is 18.7. The van der Waals surface area contributed by atoms with Gasteiger partial charge >= 0.3 is 6.03 Å². The van der Waals surface area contributed by atoms with Crippen molar-refractivity contribution in [2.45, 2.75) is 6.10 Å². The summed E-state index contributed by atoms with van der Waals surface area (Å²) in [7, 11) is 3.74. The lowest BCUT2D eigenvalue weighted by molar-refractivity contribution is 0.0831. The van der Waals surface area contributed by atoms with E-state index < -0.39 is 18.0 Å². The lowest BCUT2D eigenvalue weighted by atomic mass is 10.3. The highest BCUT2D eigenvalue weighted by Gasteiger charge is 2.08. The number of nitrogens with one attached hydrogen (secondary N) is 2. The second-order valence-corrected chi connectivity index (χ2v) is 5.81. The molecule has 2 rings (SSSR count). The van der Waals surface area contributed by atoms with Crippen LogP contribution in [-0.4, -0.2) is 49.4 Å². The van der Waals surface area contributed by atoms with Gasteiger partial charge in [-0.1, -0.05) is 12.1 Å². The first-order chi connectivity index (χ1) is 11.9. The molecule has 25 heavy (non-hydrogen) atoms. The quantitative estimate of drug-likeness (QED) is 0.720. The van der Waals surface area contributed by atoms with E-state index in [-0.39, 0.29) is 12.3 Å². The SMILES string of the molecule is CN(C)CC(O)COc1ccc(NC(=O)Nc2ccccc2F)cc1. The number of para-hydroxylation sites is 1. The maximum Gasteiger partial charge on any atom is 0.323 e. The van der Waals surface area contributed by atoms with Gasteiger partial charge in [-0.2, -0.15) is 0 Å². The van der Waals surface area contributed by atoms with Crippen molar-refractivity contribution < 1.29 is 19.0 Å². The average molecular weight is 347 g/mol. The van der Waals surface area contributed by atoms with E-state index >= 15 is 0 Å². The minimum atomic E-state index is -0.584. The molecule has 0 aromatic heterocycles. The highest BCUT2D eigenvalue weighted by atomic mass is 19.1. The minimum Gasteiger partial charge on any atom is -0.491 e. The molecule has 0 spiro atoms. The lowest BCUT2D eigenvalue weighted by Gasteiger charge is -2.16. The number of hydrogen-bond donors (Lipinski definition) is 3. The Hall–Kier alpha value is -2.64. The maximum atomic E-state index is 13.5. The van der Waals surface area contributed by atoms with Crippen LogP contribution in [0.3, 0.4) is 0 Å². The van der Waals surface area contributed by atoms with Gasteiger partial charge in [-0.15, -0.1) is 0 Å². The zero-order chi connectivity index (χ0) is 18.2. The molecule has 0 fully saturated rings. The summed E-state index contributed by atoms with van der Waals surface area (Å²) in [5.41, 5.74) is 0.643. The Labute approximate surface area is 146 Å². The van der Waals surface area contributed by atoms with Crippen LogP contribution in [0.5, 0.6) is 5.75 Å². The van der Waals surface area contributed by atoms with Crippen LogP contribution in [-0.2, 0) is 0 Å². The molecule has 2 amide bonds. The number of carbonyl (C=O) groups is 1. The van der Waals surface area contributed by atoms with Gasteiger partial charge in [0, 0.05) is 12.2 Å². The Morgan fingerprint density at radius 2 is 1.84 bits per heavy atom. The van der Waals surface area contributed by atoms with E-state index in [0.29, 0.717) is 18.0 Å². The molecule has 2 aromatic carbocycles. The molecule has 6 nitrogen and oxygen atoms in total. The molecular weight excluding hydrogens is 325 g/mol. The number of amides is 2. The maximum absolute atomic E-state index is 13.5. The van der Waals surface area contributed by atoms with Gasteiger partial charge in [0.25, 0.3) is 0 Å². The number of anilines is 2. The fourth-order valence-corrected chi connectivity index (χ4v) is 2.15. The standard InChI is InChI=1S/C18H22FN3O3/c1-22(2)11-14(23)12-25-15-9-7-13(8-10-15)20-18(24)21-17-6-4-3-5-16(17)19/h3-10,14,23H,11-12H2,1-2H3,(H2,20,21,24). The summed E-state index contributed by atoms with van der Waals surface area (Å²) in [4.78, 5) is 13.7. The Morgan fingerprint density at radius 1 is 1.16 bits per heavy atom. The number of hydrogen-bond acceptors (Lipinski definition) is 4. The number of rotatable bonds is 7. The van der Waals surface area contributed by atoms with Gasteiger partial charge in [0.1, 0.15) is 24.3 Å². The van der Waals surface area contributed by atoms with E-state index in [2.05, 4.69) is 10.6 Å². The third-order valence-electron chi connectivity index (χ3n) is 3.25. The molecule has 0 aliphatic heterocycles. The number of urea groups is 1. The molecule has 1 unspecified atom stereocenters. The third-order valence-corrected chi connectivity index (χ3v) is 3.25. The Balaban J connectivity index is 1.83. The smallest absolute Gasteiger partial charge is 0.323 e. The highest BCUT2D eigenvalue weighted by Crippen LogP contribution is 2.17. The molecule has 3 N–H and O–H groups in total. The zero-order valence-corrected chi connectivity index (χ0v) is 14.2. The number of benzene rings is 2. The molecule has 0 aliphatic carbocycles. The van der Waals surface area contributed by atoms with E-state index in [9.17, 15) is 14.3 Å². The molecule has 0 radical (unpaired) electrons. The van der Waals surface area contributed by atoms with Crippen molar-refractivity contribution in [2.75, 3.05) is 37.9 Å². The van der Waals surface area contributed by atoms with Crippen LogP contribution in [0.2, 0.25) is 0 Å². The molecule has 0 bridgehead atoms. The van der Waals surface area contributed by atoms with E-state index in [4.69, 9.17) is 4.74 Å². The van der Waals surface area contributed by atoms with E-state index in [1.165, 1.54) is 12.1 Å². The number of aliphatic hydroxyl groups is 1. The van der Waals surface area contributed by atoms with Crippen molar-refractivity contribution in [1.29, 1.82) is 0 Å². The van der Waals surface area contributed by atoms with Crippen LogP contribution < -0.4 is 15.4 Å². The third kappa shape index (κ3) is 6.40. The van der Waals surface area contributed by atoms with E-state index in [1.54, 1.807) is 36.4 Å².